The zero-order chi connectivity index (χ0) is 9.47. The highest BCUT2D eigenvalue weighted by Crippen LogP contribution is 2.24. The van der Waals surface area contributed by atoms with Crippen LogP contribution in [-0.2, 0) is 16.1 Å². The molecule has 0 spiro atoms. The number of pyridine rings is 1. The van der Waals surface area contributed by atoms with Crippen molar-refractivity contribution in [2.45, 2.75) is 24.7 Å². The number of fused-ring (bicyclic) bond motifs is 1. The lowest BCUT2D eigenvalue weighted by Crippen LogP contribution is -2.15. The monoisotopic (exact) mass is 196 g/mol. The van der Waals surface area contributed by atoms with Crippen LogP contribution in [0.15, 0.2) is 17.2 Å². The van der Waals surface area contributed by atoms with E-state index >= 15 is 0 Å². The van der Waals surface area contributed by atoms with Crippen molar-refractivity contribution in [1.82, 2.24) is 4.98 Å². The molecule has 0 amide bonds. The summed E-state index contributed by atoms with van der Waals surface area (Å²) >= 11 is 0. The fourth-order valence-corrected chi connectivity index (χ4v) is 3.25. The maximum absolute atomic E-state index is 11.8. The second-order valence-electron chi connectivity index (χ2n) is 3.42. The van der Waals surface area contributed by atoms with Gasteiger partial charge in [-0.3, -0.25) is 4.98 Å². The van der Waals surface area contributed by atoms with Gasteiger partial charge in [0.25, 0.3) is 0 Å². The third-order valence-corrected chi connectivity index (χ3v) is 4.26. The summed E-state index contributed by atoms with van der Waals surface area (Å²) in [6.45, 7) is 1.92. The van der Waals surface area contributed by atoms with Crippen LogP contribution < -0.4 is 0 Å². The normalized spacial score (nSPS) is 26.8. The van der Waals surface area contributed by atoms with E-state index in [2.05, 4.69) is 4.98 Å². The second-order valence-corrected chi connectivity index (χ2v) is 5.61. The fourth-order valence-electron chi connectivity index (χ4n) is 1.67. The quantitative estimate of drug-likeness (QED) is 0.687. The van der Waals surface area contributed by atoms with E-state index < -0.39 is 9.73 Å². The molecule has 2 heterocycles. The van der Waals surface area contributed by atoms with E-state index in [9.17, 15) is 4.21 Å². The lowest BCUT2D eigenvalue weighted by Gasteiger charge is -2.17. The van der Waals surface area contributed by atoms with Crippen molar-refractivity contribution in [1.29, 1.82) is 4.78 Å². The molecule has 4 heteroatoms. The lowest BCUT2D eigenvalue weighted by molar-refractivity contribution is 0.663. The van der Waals surface area contributed by atoms with Crippen LogP contribution in [0.5, 0.6) is 0 Å². The SMILES string of the molecule is Cc1cc2c(cn1)S(=N)(=O)CCC2. The molecule has 2 rings (SSSR count). The van der Waals surface area contributed by atoms with Crippen molar-refractivity contribution >= 4 is 9.73 Å². The molecule has 0 saturated heterocycles. The van der Waals surface area contributed by atoms with Gasteiger partial charge in [0.05, 0.1) is 14.6 Å². The van der Waals surface area contributed by atoms with Gasteiger partial charge in [0.1, 0.15) is 0 Å². The highest BCUT2D eigenvalue weighted by molar-refractivity contribution is 7.92. The van der Waals surface area contributed by atoms with Gasteiger partial charge in [-0.15, -0.1) is 0 Å². The van der Waals surface area contributed by atoms with Gasteiger partial charge >= 0.3 is 0 Å². The van der Waals surface area contributed by atoms with Crippen molar-refractivity contribution < 1.29 is 4.21 Å². The molecule has 13 heavy (non-hydrogen) atoms. The third-order valence-electron chi connectivity index (χ3n) is 2.32. The molecule has 0 aliphatic carbocycles. The van der Waals surface area contributed by atoms with Crippen LogP contribution in [0, 0.1) is 11.7 Å². The Morgan fingerprint density at radius 3 is 3.15 bits per heavy atom. The van der Waals surface area contributed by atoms with E-state index in [1.54, 1.807) is 6.20 Å². The minimum absolute atomic E-state index is 0.491. The van der Waals surface area contributed by atoms with E-state index in [0.29, 0.717) is 10.6 Å². The minimum Gasteiger partial charge on any atom is -0.260 e. The molecule has 1 aromatic heterocycles. The fraction of sp³-hybridized carbons (Fsp3) is 0.444. The van der Waals surface area contributed by atoms with Crippen LogP contribution in [0.2, 0.25) is 0 Å². The maximum atomic E-state index is 11.8. The zero-order valence-corrected chi connectivity index (χ0v) is 8.36. The van der Waals surface area contributed by atoms with E-state index in [4.69, 9.17) is 4.78 Å². The largest absolute Gasteiger partial charge is 0.260 e. The average molecular weight is 196 g/mol. The minimum atomic E-state index is -2.52. The van der Waals surface area contributed by atoms with Gasteiger partial charge in [-0.25, -0.2) is 8.99 Å². The van der Waals surface area contributed by atoms with Gasteiger partial charge in [0.15, 0.2) is 0 Å². The van der Waals surface area contributed by atoms with Gasteiger partial charge < -0.3 is 0 Å². The van der Waals surface area contributed by atoms with Crippen LogP contribution in [0.25, 0.3) is 0 Å². The van der Waals surface area contributed by atoms with E-state index in [1.807, 2.05) is 13.0 Å². The standard InChI is InChI=1S/C9H12N2OS/c1-7-5-8-3-2-4-13(10,12)9(8)6-11-7/h5-6,10H,2-4H2,1H3. The van der Waals surface area contributed by atoms with Gasteiger partial charge in [-0.2, -0.15) is 0 Å². The summed E-state index contributed by atoms with van der Waals surface area (Å²) in [5.41, 5.74) is 2.00. The summed E-state index contributed by atoms with van der Waals surface area (Å²) < 4.78 is 19.4. The molecule has 0 saturated carbocycles. The van der Waals surface area contributed by atoms with Crippen molar-refractivity contribution in [2.75, 3.05) is 5.75 Å². The Bertz CT molecular complexity index is 437. The molecule has 1 unspecified atom stereocenters. The van der Waals surface area contributed by atoms with Gasteiger partial charge in [-0.05, 0) is 31.4 Å². The number of hydrogen-bond donors (Lipinski definition) is 1. The number of rotatable bonds is 0. The van der Waals surface area contributed by atoms with Gasteiger partial charge in [-0.1, -0.05) is 0 Å². The Morgan fingerprint density at radius 2 is 2.38 bits per heavy atom. The van der Waals surface area contributed by atoms with Crippen molar-refractivity contribution in [3.63, 3.8) is 0 Å². The van der Waals surface area contributed by atoms with E-state index in [0.717, 1.165) is 24.1 Å². The van der Waals surface area contributed by atoms with Crippen molar-refractivity contribution in [2.24, 2.45) is 0 Å². The molecular formula is C9H12N2OS. The highest BCUT2D eigenvalue weighted by atomic mass is 32.2. The maximum Gasteiger partial charge on any atom is 0.0744 e. The number of hydrogen-bond acceptors (Lipinski definition) is 3. The van der Waals surface area contributed by atoms with Crippen molar-refractivity contribution in [3.05, 3.63) is 23.5 Å². The van der Waals surface area contributed by atoms with Crippen LogP contribution in [-0.4, -0.2) is 14.9 Å². The molecule has 0 bridgehead atoms. The molecule has 3 nitrogen and oxygen atoms in total. The zero-order valence-electron chi connectivity index (χ0n) is 7.54. The summed E-state index contributed by atoms with van der Waals surface area (Å²) in [6, 6.07) is 1.95. The van der Waals surface area contributed by atoms with E-state index in [1.165, 1.54) is 0 Å². The first kappa shape index (κ1) is 8.69. The molecule has 0 radical (unpaired) electrons. The molecule has 1 aromatic rings. The summed E-state index contributed by atoms with van der Waals surface area (Å²) in [5.74, 6) is 0.491. The molecular weight excluding hydrogens is 184 g/mol. The third kappa shape index (κ3) is 1.46. The Kier molecular flexibility index (Phi) is 1.87. The number of nitrogens with zero attached hydrogens (tertiary/aromatic N) is 1. The summed E-state index contributed by atoms with van der Waals surface area (Å²) in [6.07, 6.45) is 3.41. The van der Waals surface area contributed by atoms with Crippen LogP contribution >= 0.6 is 0 Å². The van der Waals surface area contributed by atoms with Crippen LogP contribution in [0.3, 0.4) is 0 Å². The Labute approximate surface area is 78.2 Å². The predicted octanol–water partition coefficient (Wildman–Crippen LogP) is 1.74. The lowest BCUT2D eigenvalue weighted by atomic mass is 10.1. The summed E-state index contributed by atoms with van der Waals surface area (Å²) in [5, 5.41) is 0. The average Bonchev–Trinajstić information content (AvgIpc) is 2.02. The van der Waals surface area contributed by atoms with Crippen LogP contribution in [0.4, 0.5) is 0 Å². The molecule has 0 aromatic carbocycles. The first-order chi connectivity index (χ1) is 6.09. The topological polar surface area (TPSA) is 53.8 Å². The first-order valence-electron chi connectivity index (χ1n) is 4.31. The summed E-state index contributed by atoms with van der Waals surface area (Å²) in [7, 11) is -2.52. The Morgan fingerprint density at radius 1 is 1.62 bits per heavy atom. The predicted molar refractivity (Wildman–Crippen MR) is 51.3 cm³/mol. The molecule has 1 atom stereocenters. The van der Waals surface area contributed by atoms with Gasteiger partial charge in [0, 0.05) is 17.6 Å². The summed E-state index contributed by atoms with van der Waals surface area (Å²) in [4.78, 5) is 4.75. The molecule has 1 aliphatic heterocycles. The number of aromatic nitrogens is 1. The Balaban J connectivity index is 2.66. The highest BCUT2D eigenvalue weighted by Gasteiger charge is 2.20. The molecule has 70 valence electrons. The molecule has 1 aliphatic rings. The number of aryl methyl sites for hydroxylation is 2. The molecule has 0 fully saturated rings. The number of nitrogens with one attached hydrogen (secondary N) is 1. The van der Waals surface area contributed by atoms with Crippen molar-refractivity contribution in [3.8, 4) is 0 Å². The smallest absolute Gasteiger partial charge is 0.0744 e. The molecule has 1 N–H and O–H groups in total. The van der Waals surface area contributed by atoms with Gasteiger partial charge in [0.2, 0.25) is 0 Å². The van der Waals surface area contributed by atoms with E-state index in [-0.39, 0.29) is 0 Å². The first-order valence-corrected chi connectivity index (χ1v) is 6.04. The Hall–Kier alpha value is -0.900. The van der Waals surface area contributed by atoms with Crippen LogP contribution in [0.1, 0.15) is 17.7 Å². The second kappa shape index (κ2) is 2.80.